The molecule has 0 bridgehead atoms. The van der Waals surface area contributed by atoms with Crippen molar-refractivity contribution in [2.24, 2.45) is 0 Å². The monoisotopic (exact) mass is 219 g/mol. The molecule has 0 aromatic heterocycles. The van der Waals surface area contributed by atoms with Crippen LogP contribution in [0.3, 0.4) is 0 Å². The van der Waals surface area contributed by atoms with Gasteiger partial charge in [-0.3, -0.25) is 0 Å². The molecule has 0 unspecified atom stereocenters. The molecule has 0 heterocycles. The first-order valence-corrected chi connectivity index (χ1v) is 5.90. The van der Waals surface area contributed by atoms with Gasteiger partial charge in [-0.05, 0) is 30.7 Å². The standard InChI is InChI=1S/C14H21NO/c1-3-5-10-15-12-13-6-8-14(9-7-13)16-11-4-2/h4,6-9,15H,2-3,5,10-12H2,1H3. The van der Waals surface area contributed by atoms with Gasteiger partial charge in [0.05, 0.1) is 0 Å². The quantitative estimate of drug-likeness (QED) is 0.535. The minimum atomic E-state index is 0.564. The number of rotatable bonds is 8. The Morgan fingerprint density at radius 2 is 2.06 bits per heavy atom. The molecule has 0 aliphatic heterocycles. The SMILES string of the molecule is C=CCOc1ccc(CNCCCC)cc1. The van der Waals surface area contributed by atoms with Crippen LogP contribution in [0.25, 0.3) is 0 Å². The smallest absolute Gasteiger partial charge is 0.119 e. The third kappa shape index (κ3) is 4.99. The van der Waals surface area contributed by atoms with Gasteiger partial charge in [0.2, 0.25) is 0 Å². The Morgan fingerprint density at radius 3 is 2.69 bits per heavy atom. The van der Waals surface area contributed by atoms with Crippen LogP contribution >= 0.6 is 0 Å². The normalized spacial score (nSPS) is 10.1. The third-order valence-electron chi connectivity index (χ3n) is 2.33. The molecule has 1 aromatic carbocycles. The Hall–Kier alpha value is -1.28. The van der Waals surface area contributed by atoms with E-state index in [0.717, 1.165) is 18.8 Å². The first kappa shape index (κ1) is 12.8. The van der Waals surface area contributed by atoms with Crippen molar-refractivity contribution in [2.45, 2.75) is 26.3 Å². The number of unbranched alkanes of at least 4 members (excludes halogenated alkanes) is 1. The second-order valence-corrected chi connectivity index (χ2v) is 3.77. The molecule has 0 saturated heterocycles. The third-order valence-corrected chi connectivity index (χ3v) is 2.33. The molecule has 0 amide bonds. The number of benzene rings is 1. The molecule has 2 heteroatoms. The molecule has 0 fully saturated rings. The Balaban J connectivity index is 2.30. The van der Waals surface area contributed by atoms with E-state index in [-0.39, 0.29) is 0 Å². The minimum Gasteiger partial charge on any atom is -0.490 e. The summed E-state index contributed by atoms with van der Waals surface area (Å²) in [5.41, 5.74) is 1.29. The van der Waals surface area contributed by atoms with Crippen molar-refractivity contribution in [1.82, 2.24) is 5.32 Å². The van der Waals surface area contributed by atoms with Gasteiger partial charge >= 0.3 is 0 Å². The molecule has 1 N–H and O–H groups in total. The maximum atomic E-state index is 5.41. The molecule has 0 aliphatic rings. The number of nitrogens with one attached hydrogen (secondary N) is 1. The lowest BCUT2D eigenvalue weighted by molar-refractivity contribution is 0.363. The summed E-state index contributed by atoms with van der Waals surface area (Å²) in [5.74, 6) is 0.900. The molecule has 88 valence electrons. The van der Waals surface area contributed by atoms with Crippen molar-refractivity contribution in [3.8, 4) is 5.75 Å². The summed E-state index contributed by atoms with van der Waals surface area (Å²) in [5, 5.41) is 3.41. The van der Waals surface area contributed by atoms with Gasteiger partial charge in [0, 0.05) is 6.54 Å². The van der Waals surface area contributed by atoms with Gasteiger partial charge in [-0.2, -0.15) is 0 Å². The van der Waals surface area contributed by atoms with Crippen LogP contribution in [0.15, 0.2) is 36.9 Å². The Morgan fingerprint density at radius 1 is 1.31 bits per heavy atom. The summed E-state index contributed by atoms with van der Waals surface area (Å²) >= 11 is 0. The fourth-order valence-electron chi connectivity index (χ4n) is 1.39. The molecule has 16 heavy (non-hydrogen) atoms. The minimum absolute atomic E-state index is 0.564. The first-order valence-electron chi connectivity index (χ1n) is 5.90. The van der Waals surface area contributed by atoms with Crippen LogP contribution in [0, 0.1) is 0 Å². The zero-order valence-corrected chi connectivity index (χ0v) is 10.0. The lowest BCUT2D eigenvalue weighted by Crippen LogP contribution is -2.14. The Bertz CT molecular complexity index is 292. The molecule has 0 atom stereocenters. The molecule has 1 aromatic rings. The fraction of sp³-hybridized carbons (Fsp3) is 0.429. The van der Waals surface area contributed by atoms with Gasteiger partial charge in [-0.15, -0.1) is 0 Å². The van der Waals surface area contributed by atoms with E-state index in [0.29, 0.717) is 6.61 Å². The maximum absolute atomic E-state index is 5.41. The van der Waals surface area contributed by atoms with Gasteiger partial charge in [-0.1, -0.05) is 38.1 Å². The molecule has 1 rings (SSSR count). The van der Waals surface area contributed by atoms with E-state index >= 15 is 0 Å². The summed E-state index contributed by atoms with van der Waals surface area (Å²) < 4.78 is 5.41. The fourth-order valence-corrected chi connectivity index (χ4v) is 1.39. The second kappa shape index (κ2) is 7.94. The summed E-state index contributed by atoms with van der Waals surface area (Å²) in [4.78, 5) is 0. The van der Waals surface area contributed by atoms with Crippen molar-refractivity contribution in [3.63, 3.8) is 0 Å². The largest absolute Gasteiger partial charge is 0.490 e. The van der Waals surface area contributed by atoms with E-state index in [9.17, 15) is 0 Å². The topological polar surface area (TPSA) is 21.3 Å². The Kier molecular flexibility index (Phi) is 6.35. The van der Waals surface area contributed by atoms with Crippen LogP contribution in [-0.4, -0.2) is 13.2 Å². The van der Waals surface area contributed by atoms with Gasteiger partial charge in [0.15, 0.2) is 0 Å². The number of ether oxygens (including phenoxy) is 1. The van der Waals surface area contributed by atoms with Crippen LogP contribution in [0.4, 0.5) is 0 Å². The van der Waals surface area contributed by atoms with Crippen LogP contribution in [0.1, 0.15) is 25.3 Å². The van der Waals surface area contributed by atoms with E-state index in [2.05, 4.69) is 31.0 Å². The van der Waals surface area contributed by atoms with Crippen LogP contribution in [0.5, 0.6) is 5.75 Å². The van der Waals surface area contributed by atoms with E-state index in [4.69, 9.17) is 4.74 Å². The zero-order valence-electron chi connectivity index (χ0n) is 10.0. The predicted molar refractivity (Wildman–Crippen MR) is 68.7 cm³/mol. The number of hydrogen-bond acceptors (Lipinski definition) is 2. The lowest BCUT2D eigenvalue weighted by atomic mass is 10.2. The van der Waals surface area contributed by atoms with Crippen molar-refractivity contribution >= 4 is 0 Å². The van der Waals surface area contributed by atoms with Crippen molar-refractivity contribution in [1.29, 1.82) is 0 Å². The molecule has 0 aliphatic carbocycles. The maximum Gasteiger partial charge on any atom is 0.119 e. The highest BCUT2D eigenvalue weighted by Crippen LogP contribution is 2.11. The predicted octanol–water partition coefficient (Wildman–Crippen LogP) is 3.14. The van der Waals surface area contributed by atoms with Crippen LogP contribution < -0.4 is 10.1 Å². The lowest BCUT2D eigenvalue weighted by Gasteiger charge is -2.06. The Labute approximate surface area is 98.3 Å². The van der Waals surface area contributed by atoms with Crippen molar-refractivity contribution in [2.75, 3.05) is 13.2 Å². The van der Waals surface area contributed by atoms with E-state index in [1.165, 1.54) is 18.4 Å². The van der Waals surface area contributed by atoms with Crippen LogP contribution in [-0.2, 0) is 6.54 Å². The molecular weight excluding hydrogens is 198 g/mol. The molecule has 0 saturated carbocycles. The molecule has 2 nitrogen and oxygen atoms in total. The van der Waals surface area contributed by atoms with Crippen molar-refractivity contribution < 1.29 is 4.74 Å². The zero-order chi connectivity index (χ0) is 11.6. The van der Waals surface area contributed by atoms with Crippen molar-refractivity contribution in [3.05, 3.63) is 42.5 Å². The second-order valence-electron chi connectivity index (χ2n) is 3.77. The summed E-state index contributed by atoms with van der Waals surface area (Å²) in [7, 11) is 0. The molecule has 0 radical (unpaired) electrons. The highest BCUT2D eigenvalue weighted by Gasteiger charge is 1.94. The van der Waals surface area contributed by atoms with Gasteiger partial charge in [0.1, 0.15) is 12.4 Å². The highest BCUT2D eigenvalue weighted by atomic mass is 16.5. The average molecular weight is 219 g/mol. The molecular formula is C14H21NO. The average Bonchev–Trinajstić information content (AvgIpc) is 2.33. The van der Waals surface area contributed by atoms with Gasteiger partial charge in [0.25, 0.3) is 0 Å². The van der Waals surface area contributed by atoms with E-state index < -0.39 is 0 Å². The van der Waals surface area contributed by atoms with Crippen LogP contribution in [0.2, 0.25) is 0 Å². The van der Waals surface area contributed by atoms with E-state index in [1.54, 1.807) is 6.08 Å². The summed E-state index contributed by atoms with van der Waals surface area (Å²) in [6.07, 6.45) is 4.22. The van der Waals surface area contributed by atoms with Gasteiger partial charge in [-0.25, -0.2) is 0 Å². The number of hydrogen-bond donors (Lipinski definition) is 1. The summed E-state index contributed by atoms with van der Waals surface area (Å²) in [6, 6.07) is 8.19. The van der Waals surface area contributed by atoms with E-state index in [1.807, 2.05) is 12.1 Å². The van der Waals surface area contributed by atoms with Gasteiger partial charge < -0.3 is 10.1 Å². The highest BCUT2D eigenvalue weighted by molar-refractivity contribution is 5.27. The molecule has 0 spiro atoms. The first-order chi connectivity index (χ1) is 7.86. The summed E-state index contributed by atoms with van der Waals surface area (Å²) in [6.45, 7) is 8.40.